The van der Waals surface area contributed by atoms with Crippen LogP contribution in [0.1, 0.15) is 67.6 Å². The summed E-state index contributed by atoms with van der Waals surface area (Å²) in [7, 11) is 2.19. The Morgan fingerprint density at radius 2 is 2.05 bits per heavy atom. The van der Waals surface area contributed by atoms with E-state index in [0.29, 0.717) is 5.92 Å². The van der Waals surface area contributed by atoms with Crippen LogP contribution < -0.4 is 5.32 Å². The number of carbonyl (C=O) groups excluding carboxylic acids is 1. The molecule has 0 radical (unpaired) electrons. The largest absolute Gasteiger partial charge is 0.350 e. The Labute approximate surface area is 115 Å². The van der Waals surface area contributed by atoms with Gasteiger partial charge in [-0.3, -0.25) is 4.79 Å². The number of rotatable bonds is 2. The van der Waals surface area contributed by atoms with E-state index in [1.54, 1.807) is 11.1 Å². The lowest BCUT2D eigenvalue weighted by Crippen LogP contribution is -2.25. The van der Waals surface area contributed by atoms with Gasteiger partial charge in [0, 0.05) is 18.4 Å². The zero-order chi connectivity index (χ0) is 13.6. The number of hydrogen-bond acceptors (Lipinski definition) is 1. The van der Waals surface area contributed by atoms with Crippen LogP contribution in [0.2, 0.25) is 0 Å². The molecule has 104 valence electrons. The Hall–Kier alpha value is -1.25. The van der Waals surface area contributed by atoms with Crippen LogP contribution in [-0.2, 0) is 24.7 Å². The van der Waals surface area contributed by atoms with Crippen molar-refractivity contribution in [3.05, 3.63) is 22.5 Å². The van der Waals surface area contributed by atoms with Gasteiger partial charge in [0.2, 0.25) is 6.41 Å². The van der Waals surface area contributed by atoms with Crippen LogP contribution in [0.15, 0.2) is 0 Å². The van der Waals surface area contributed by atoms with Crippen LogP contribution in [0.5, 0.6) is 0 Å². The molecule has 0 saturated carbocycles. The van der Waals surface area contributed by atoms with E-state index in [4.69, 9.17) is 0 Å². The van der Waals surface area contributed by atoms with Gasteiger partial charge >= 0.3 is 0 Å². The van der Waals surface area contributed by atoms with E-state index in [2.05, 4.69) is 30.8 Å². The number of nitrogens with one attached hydrogen (secondary N) is 1. The predicted molar refractivity (Wildman–Crippen MR) is 76.2 cm³/mol. The van der Waals surface area contributed by atoms with E-state index in [0.717, 1.165) is 18.7 Å². The van der Waals surface area contributed by atoms with E-state index >= 15 is 0 Å². The molecule has 0 bridgehead atoms. The first kappa shape index (κ1) is 12.8. The van der Waals surface area contributed by atoms with Crippen molar-refractivity contribution in [2.24, 2.45) is 13.0 Å². The van der Waals surface area contributed by atoms with Crippen LogP contribution in [0.25, 0.3) is 0 Å². The summed E-state index contributed by atoms with van der Waals surface area (Å²) in [5.74, 6) is 1.43. The number of hydrogen-bond donors (Lipinski definition) is 1. The highest BCUT2D eigenvalue weighted by Gasteiger charge is 2.33. The summed E-state index contributed by atoms with van der Waals surface area (Å²) in [5, 5.41) is 3.02. The van der Waals surface area contributed by atoms with E-state index in [-0.39, 0.29) is 6.04 Å². The van der Waals surface area contributed by atoms with Gasteiger partial charge in [0.15, 0.2) is 0 Å². The maximum Gasteiger partial charge on any atom is 0.207 e. The zero-order valence-corrected chi connectivity index (χ0v) is 12.2. The summed E-state index contributed by atoms with van der Waals surface area (Å²) < 4.78 is 2.39. The Bertz CT molecular complexity index is 503. The van der Waals surface area contributed by atoms with Gasteiger partial charge in [-0.25, -0.2) is 0 Å². The monoisotopic (exact) mass is 260 g/mol. The topological polar surface area (TPSA) is 34.0 Å². The van der Waals surface area contributed by atoms with Crippen LogP contribution in [0.3, 0.4) is 0 Å². The normalized spacial score (nSPS) is 29.5. The molecule has 0 fully saturated rings. The minimum Gasteiger partial charge on any atom is -0.350 e. The van der Waals surface area contributed by atoms with Crippen LogP contribution in [0.4, 0.5) is 0 Å². The lowest BCUT2D eigenvalue weighted by Gasteiger charge is -2.26. The predicted octanol–water partition coefficient (Wildman–Crippen LogP) is 2.83. The fourth-order valence-corrected chi connectivity index (χ4v) is 4.43. The molecule has 3 rings (SSSR count). The summed E-state index contributed by atoms with van der Waals surface area (Å²) in [6, 6.07) is 0.222. The quantitative estimate of drug-likeness (QED) is 0.815. The average Bonchev–Trinajstić information content (AvgIpc) is 2.64. The number of aromatic nitrogens is 1. The maximum absolute atomic E-state index is 10.8. The summed E-state index contributed by atoms with van der Waals surface area (Å²) in [5.41, 5.74) is 6.05. The maximum atomic E-state index is 10.8. The van der Waals surface area contributed by atoms with Crippen molar-refractivity contribution in [2.45, 2.75) is 57.9 Å². The van der Waals surface area contributed by atoms with Crippen molar-refractivity contribution in [3.8, 4) is 0 Å². The standard InChI is InChI=1S/C16H24N2O/c1-10-7-11(2)15-13(8-10)12-5-4-6-14(17-9-19)16(12)18(15)3/h9-11,14H,4-8H2,1-3H3,(H,17,19)/t10-,11+,14-/m0/s1. The number of fused-ring (bicyclic) bond motifs is 3. The second kappa shape index (κ2) is 4.69. The molecule has 0 unspecified atom stereocenters. The fourth-order valence-electron chi connectivity index (χ4n) is 4.43. The lowest BCUT2D eigenvalue weighted by molar-refractivity contribution is -0.110. The molecular weight excluding hydrogens is 236 g/mol. The molecule has 0 saturated heterocycles. The van der Waals surface area contributed by atoms with Crippen molar-refractivity contribution in [3.63, 3.8) is 0 Å². The van der Waals surface area contributed by atoms with Gasteiger partial charge in [-0.05, 0) is 55.1 Å². The molecule has 1 heterocycles. The molecule has 0 spiro atoms. The van der Waals surface area contributed by atoms with Crippen molar-refractivity contribution >= 4 is 6.41 Å². The molecule has 3 atom stereocenters. The van der Waals surface area contributed by atoms with Gasteiger partial charge in [0.1, 0.15) is 0 Å². The molecule has 3 heteroatoms. The molecule has 1 aromatic heterocycles. The van der Waals surface area contributed by atoms with Gasteiger partial charge in [-0.2, -0.15) is 0 Å². The molecule has 0 aliphatic heterocycles. The molecule has 3 nitrogen and oxygen atoms in total. The minimum absolute atomic E-state index is 0.222. The van der Waals surface area contributed by atoms with Crippen LogP contribution in [-0.4, -0.2) is 11.0 Å². The SMILES string of the molecule is C[C@@H]1Cc2c3c(n(C)c2[C@H](C)C1)[C@@H](NC=O)CCC3. The van der Waals surface area contributed by atoms with E-state index in [1.807, 2.05) is 0 Å². The zero-order valence-electron chi connectivity index (χ0n) is 12.2. The molecule has 2 aliphatic carbocycles. The lowest BCUT2D eigenvalue weighted by atomic mass is 9.79. The third-order valence-corrected chi connectivity index (χ3v) is 5.00. The molecule has 1 amide bonds. The smallest absolute Gasteiger partial charge is 0.207 e. The van der Waals surface area contributed by atoms with Gasteiger partial charge < -0.3 is 9.88 Å². The third-order valence-electron chi connectivity index (χ3n) is 5.00. The van der Waals surface area contributed by atoms with Crippen molar-refractivity contribution in [1.29, 1.82) is 0 Å². The van der Waals surface area contributed by atoms with E-state index in [1.165, 1.54) is 37.1 Å². The van der Waals surface area contributed by atoms with Crippen molar-refractivity contribution in [2.75, 3.05) is 0 Å². The van der Waals surface area contributed by atoms with Crippen molar-refractivity contribution < 1.29 is 4.79 Å². The average molecular weight is 260 g/mol. The first-order chi connectivity index (χ1) is 9.13. The van der Waals surface area contributed by atoms with Gasteiger partial charge in [0.25, 0.3) is 0 Å². The minimum atomic E-state index is 0.222. The second-order valence-corrected chi connectivity index (χ2v) is 6.46. The fraction of sp³-hybridized carbons (Fsp3) is 0.688. The van der Waals surface area contributed by atoms with Crippen LogP contribution in [0, 0.1) is 5.92 Å². The highest BCUT2D eigenvalue weighted by Crippen LogP contribution is 2.43. The summed E-state index contributed by atoms with van der Waals surface area (Å²) in [6.45, 7) is 4.71. The third kappa shape index (κ3) is 1.90. The van der Waals surface area contributed by atoms with Gasteiger partial charge in [0.05, 0.1) is 6.04 Å². The molecule has 0 aromatic carbocycles. The van der Waals surface area contributed by atoms with Gasteiger partial charge in [-0.15, -0.1) is 0 Å². The number of carbonyl (C=O) groups is 1. The molecule has 1 N–H and O–H groups in total. The molecule has 2 aliphatic rings. The number of nitrogens with zero attached hydrogens (tertiary/aromatic N) is 1. The Kier molecular flexibility index (Phi) is 3.15. The number of amides is 1. The highest BCUT2D eigenvalue weighted by molar-refractivity contribution is 5.51. The Morgan fingerprint density at radius 3 is 2.79 bits per heavy atom. The first-order valence-corrected chi connectivity index (χ1v) is 7.53. The van der Waals surface area contributed by atoms with Crippen LogP contribution >= 0.6 is 0 Å². The molecular formula is C16H24N2O. The molecule has 19 heavy (non-hydrogen) atoms. The van der Waals surface area contributed by atoms with Crippen molar-refractivity contribution in [1.82, 2.24) is 9.88 Å². The summed E-state index contributed by atoms with van der Waals surface area (Å²) >= 11 is 0. The van der Waals surface area contributed by atoms with E-state index in [9.17, 15) is 4.79 Å². The second-order valence-electron chi connectivity index (χ2n) is 6.46. The first-order valence-electron chi connectivity index (χ1n) is 7.53. The summed E-state index contributed by atoms with van der Waals surface area (Å²) in [6.07, 6.45) is 6.82. The highest BCUT2D eigenvalue weighted by atomic mass is 16.1. The molecule has 1 aromatic rings. The summed E-state index contributed by atoms with van der Waals surface area (Å²) in [4.78, 5) is 10.8. The Morgan fingerprint density at radius 1 is 1.26 bits per heavy atom. The van der Waals surface area contributed by atoms with Gasteiger partial charge in [-0.1, -0.05) is 13.8 Å². The Balaban J connectivity index is 2.13. The van der Waals surface area contributed by atoms with E-state index < -0.39 is 0 Å².